The number of halogens is 2. The molecule has 136 valence electrons. The standard InChI is InChI=1S/C20H30BrFO2/c21-10-19(23)18-6-5-16-15-2-1-12-9-20(24,11-22)8-7-13(12)14(15)3-4-17(16)18/h12-18,24H,1-11H2/t12-,13+,14-,15-,16+,17+,18+,20-/m1/s1. The van der Waals surface area contributed by atoms with E-state index in [-0.39, 0.29) is 0 Å². The van der Waals surface area contributed by atoms with Crippen molar-refractivity contribution in [1.82, 2.24) is 0 Å². The van der Waals surface area contributed by atoms with E-state index in [1.807, 2.05) is 0 Å². The molecule has 0 aromatic heterocycles. The topological polar surface area (TPSA) is 37.3 Å². The predicted molar refractivity (Wildman–Crippen MR) is 95.7 cm³/mol. The average Bonchev–Trinajstić information content (AvgIpc) is 3.04. The van der Waals surface area contributed by atoms with Crippen LogP contribution in [-0.2, 0) is 4.79 Å². The van der Waals surface area contributed by atoms with E-state index in [0.29, 0.717) is 47.6 Å². The van der Waals surface area contributed by atoms with Gasteiger partial charge in [0.15, 0.2) is 0 Å². The Bertz CT molecular complexity index is 498. The van der Waals surface area contributed by atoms with Gasteiger partial charge in [0, 0.05) is 5.92 Å². The van der Waals surface area contributed by atoms with Crippen molar-refractivity contribution in [2.45, 2.75) is 63.4 Å². The molecule has 0 radical (unpaired) electrons. The zero-order valence-corrected chi connectivity index (χ0v) is 16.0. The second kappa shape index (κ2) is 6.64. The summed E-state index contributed by atoms with van der Waals surface area (Å²) in [5, 5.41) is 10.9. The quantitative estimate of drug-likeness (QED) is 0.706. The Kier molecular flexibility index (Phi) is 4.83. The first-order chi connectivity index (χ1) is 11.6. The molecule has 24 heavy (non-hydrogen) atoms. The number of Topliss-reactive ketones (excluding diaryl/α,β-unsaturated/α-hetero) is 1. The molecule has 0 amide bonds. The Labute approximate surface area is 153 Å². The molecule has 0 aliphatic heterocycles. The van der Waals surface area contributed by atoms with E-state index in [0.717, 1.165) is 37.0 Å². The minimum absolute atomic E-state index is 0.302. The molecule has 8 atom stereocenters. The summed E-state index contributed by atoms with van der Waals surface area (Å²) >= 11 is 3.37. The fraction of sp³-hybridized carbons (Fsp3) is 0.950. The lowest BCUT2D eigenvalue weighted by Crippen LogP contribution is -2.49. The first-order valence-electron chi connectivity index (χ1n) is 9.93. The van der Waals surface area contributed by atoms with Crippen molar-refractivity contribution in [1.29, 1.82) is 0 Å². The molecular weight excluding hydrogens is 371 g/mol. The maximum absolute atomic E-state index is 13.2. The van der Waals surface area contributed by atoms with Crippen LogP contribution in [0.1, 0.15) is 57.8 Å². The van der Waals surface area contributed by atoms with E-state index in [1.165, 1.54) is 25.7 Å². The monoisotopic (exact) mass is 400 g/mol. The normalized spacial score (nSPS) is 50.7. The molecular formula is C20H30BrFO2. The summed E-state index contributed by atoms with van der Waals surface area (Å²) in [5.41, 5.74) is -1.04. The Balaban J connectivity index is 1.48. The second-order valence-corrected chi connectivity index (χ2v) is 9.68. The minimum atomic E-state index is -1.04. The number of aliphatic hydroxyl groups is 1. The third-order valence-corrected chi connectivity index (χ3v) is 8.77. The van der Waals surface area contributed by atoms with Gasteiger partial charge in [-0.1, -0.05) is 15.9 Å². The van der Waals surface area contributed by atoms with Crippen LogP contribution in [0, 0.1) is 41.4 Å². The Morgan fingerprint density at radius 3 is 2.33 bits per heavy atom. The fourth-order valence-corrected chi connectivity index (χ4v) is 7.66. The van der Waals surface area contributed by atoms with Crippen molar-refractivity contribution >= 4 is 21.7 Å². The van der Waals surface area contributed by atoms with E-state index in [9.17, 15) is 14.3 Å². The molecule has 4 aliphatic rings. The molecule has 0 aromatic rings. The number of hydrogen-bond donors (Lipinski definition) is 1. The molecule has 0 saturated heterocycles. The van der Waals surface area contributed by atoms with Crippen molar-refractivity contribution < 1.29 is 14.3 Å². The number of rotatable bonds is 3. The highest BCUT2D eigenvalue weighted by molar-refractivity contribution is 9.09. The van der Waals surface area contributed by atoms with Gasteiger partial charge >= 0.3 is 0 Å². The van der Waals surface area contributed by atoms with Gasteiger partial charge in [-0.15, -0.1) is 0 Å². The van der Waals surface area contributed by atoms with Crippen LogP contribution in [0.5, 0.6) is 0 Å². The number of hydrogen-bond acceptors (Lipinski definition) is 2. The number of carbonyl (C=O) groups excluding carboxylic acids is 1. The van der Waals surface area contributed by atoms with Gasteiger partial charge < -0.3 is 5.11 Å². The molecule has 0 aromatic carbocycles. The summed E-state index contributed by atoms with van der Waals surface area (Å²) in [6, 6.07) is 0. The number of carbonyl (C=O) groups is 1. The Hall–Kier alpha value is 0.0400. The molecule has 4 saturated carbocycles. The Morgan fingerprint density at radius 1 is 0.958 bits per heavy atom. The van der Waals surface area contributed by atoms with Crippen LogP contribution in [-0.4, -0.2) is 28.5 Å². The molecule has 0 unspecified atom stereocenters. The third-order valence-electron chi connectivity index (χ3n) is 8.22. The van der Waals surface area contributed by atoms with Gasteiger partial charge in [0.25, 0.3) is 0 Å². The maximum atomic E-state index is 13.2. The van der Waals surface area contributed by atoms with Crippen molar-refractivity contribution in [3.8, 4) is 0 Å². The SMILES string of the molecule is O=C(CBr)[C@H]1CC[C@H]2[C@@H]3CC[C@@H]4C[C@@](O)(CF)CC[C@@H]4[C@H]3CC[C@@H]21. The van der Waals surface area contributed by atoms with Crippen LogP contribution < -0.4 is 0 Å². The van der Waals surface area contributed by atoms with Crippen LogP contribution in [0.4, 0.5) is 4.39 Å². The second-order valence-electron chi connectivity index (χ2n) is 9.12. The van der Waals surface area contributed by atoms with Crippen LogP contribution >= 0.6 is 15.9 Å². The van der Waals surface area contributed by atoms with Crippen LogP contribution in [0.2, 0.25) is 0 Å². The first-order valence-corrected chi connectivity index (χ1v) is 11.1. The summed E-state index contributed by atoms with van der Waals surface area (Å²) in [6.07, 6.45) is 9.54. The van der Waals surface area contributed by atoms with Crippen LogP contribution in [0.3, 0.4) is 0 Å². The van der Waals surface area contributed by atoms with Gasteiger partial charge in [-0.05, 0) is 93.3 Å². The van der Waals surface area contributed by atoms with E-state index < -0.39 is 12.3 Å². The lowest BCUT2D eigenvalue weighted by molar-refractivity contribution is -0.124. The molecule has 4 fully saturated rings. The van der Waals surface area contributed by atoms with Gasteiger partial charge in [-0.3, -0.25) is 4.79 Å². The third kappa shape index (κ3) is 2.80. The number of alkyl halides is 2. The van der Waals surface area contributed by atoms with Crippen LogP contribution in [0.25, 0.3) is 0 Å². The molecule has 2 nitrogen and oxygen atoms in total. The van der Waals surface area contributed by atoms with Crippen molar-refractivity contribution in [2.24, 2.45) is 41.4 Å². The largest absolute Gasteiger partial charge is 0.387 e. The summed E-state index contributed by atoms with van der Waals surface area (Å²) in [4.78, 5) is 12.3. The number of fused-ring (bicyclic) bond motifs is 5. The van der Waals surface area contributed by atoms with Gasteiger partial charge in [-0.25, -0.2) is 4.39 Å². The highest BCUT2D eigenvalue weighted by Crippen LogP contribution is 2.60. The zero-order chi connectivity index (χ0) is 16.9. The minimum Gasteiger partial charge on any atom is -0.387 e. The summed E-state index contributed by atoms with van der Waals surface area (Å²) in [7, 11) is 0. The summed E-state index contributed by atoms with van der Waals surface area (Å²) in [5.74, 6) is 4.87. The van der Waals surface area contributed by atoms with Gasteiger partial charge in [0.1, 0.15) is 12.5 Å². The van der Waals surface area contributed by atoms with Crippen molar-refractivity contribution in [3.05, 3.63) is 0 Å². The van der Waals surface area contributed by atoms with Crippen molar-refractivity contribution in [3.63, 3.8) is 0 Å². The summed E-state index contributed by atoms with van der Waals surface area (Å²) in [6.45, 7) is -0.578. The predicted octanol–water partition coefficient (Wildman–Crippen LogP) is 4.53. The van der Waals surface area contributed by atoms with E-state index >= 15 is 0 Å². The van der Waals surface area contributed by atoms with E-state index in [1.54, 1.807) is 0 Å². The highest BCUT2D eigenvalue weighted by Gasteiger charge is 2.54. The molecule has 1 N–H and O–H groups in total. The van der Waals surface area contributed by atoms with Crippen LogP contribution in [0.15, 0.2) is 0 Å². The fourth-order valence-electron chi connectivity index (χ4n) is 7.24. The first kappa shape index (κ1) is 17.5. The lowest BCUT2D eigenvalue weighted by atomic mass is 9.52. The summed E-state index contributed by atoms with van der Waals surface area (Å²) < 4.78 is 13.2. The molecule has 0 bridgehead atoms. The maximum Gasteiger partial charge on any atom is 0.146 e. The van der Waals surface area contributed by atoms with E-state index in [2.05, 4.69) is 15.9 Å². The van der Waals surface area contributed by atoms with Gasteiger partial charge in [-0.2, -0.15) is 0 Å². The van der Waals surface area contributed by atoms with E-state index in [4.69, 9.17) is 0 Å². The molecule has 0 spiro atoms. The number of ketones is 1. The molecule has 4 heteroatoms. The zero-order valence-electron chi connectivity index (χ0n) is 14.4. The van der Waals surface area contributed by atoms with Crippen molar-refractivity contribution in [2.75, 3.05) is 12.0 Å². The Morgan fingerprint density at radius 2 is 1.58 bits per heavy atom. The molecule has 4 aliphatic carbocycles. The average molecular weight is 401 g/mol. The lowest BCUT2D eigenvalue weighted by Gasteiger charge is -2.54. The smallest absolute Gasteiger partial charge is 0.146 e. The van der Waals surface area contributed by atoms with Gasteiger partial charge in [0.05, 0.1) is 10.9 Å². The molecule has 0 heterocycles. The van der Waals surface area contributed by atoms with Gasteiger partial charge in [0.2, 0.25) is 0 Å². The highest BCUT2D eigenvalue weighted by atomic mass is 79.9. The molecule has 4 rings (SSSR count).